The van der Waals surface area contributed by atoms with E-state index in [0.29, 0.717) is 22.7 Å². The predicted octanol–water partition coefficient (Wildman–Crippen LogP) is 2.16. The highest BCUT2D eigenvalue weighted by Crippen LogP contribution is 2.32. The van der Waals surface area contributed by atoms with Gasteiger partial charge in [0.25, 0.3) is 5.91 Å². The molecule has 1 aromatic carbocycles. The second-order valence-electron chi connectivity index (χ2n) is 4.46. The number of hydrogen-bond donors (Lipinski definition) is 1. The van der Waals surface area contributed by atoms with E-state index >= 15 is 0 Å². The summed E-state index contributed by atoms with van der Waals surface area (Å²) in [5, 5.41) is 0. The fourth-order valence-electron chi connectivity index (χ4n) is 1.73. The summed E-state index contributed by atoms with van der Waals surface area (Å²) in [5.74, 6) is 0.858. The van der Waals surface area contributed by atoms with E-state index in [4.69, 9.17) is 15.2 Å². The van der Waals surface area contributed by atoms with Crippen LogP contribution in [0.15, 0.2) is 12.1 Å². The van der Waals surface area contributed by atoms with Gasteiger partial charge in [0.2, 0.25) is 0 Å². The number of carbonyl (C=O) groups excluding carboxylic acids is 1. The third kappa shape index (κ3) is 3.10. The second-order valence-corrected chi connectivity index (χ2v) is 4.46. The van der Waals surface area contributed by atoms with Gasteiger partial charge in [-0.25, -0.2) is 0 Å². The van der Waals surface area contributed by atoms with Crippen LogP contribution < -0.4 is 15.2 Å². The van der Waals surface area contributed by atoms with Crippen molar-refractivity contribution >= 4 is 11.6 Å². The van der Waals surface area contributed by atoms with E-state index in [1.807, 2.05) is 13.8 Å². The lowest BCUT2D eigenvalue weighted by Crippen LogP contribution is -2.35. The van der Waals surface area contributed by atoms with Gasteiger partial charge in [0.05, 0.1) is 25.5 Å². The van der Waals surface area contributed by atoms with Crippen LogP contribution in [0.25, 0.3) is 0 Å². The molecule has 0 heterocycles. The van der Waals surface area contributed by atoms with Crippen LogP contribution in [-0.2, 0) is 0 Å². The van der Waals surface area contributed by atoms with Crippen molar-refractivity contribution in [2.24, 2.45) is 0 Å². The molecule has 0 bridgehead atoms. The first-order valence-electron chi connectivity index (χ1n) is 6.24. The van der Waals surface area contributed by atoms with Crippen LogP contribution >= 0.6 is 0 Å². The highest BCUT2D eigenvalue weighted by atomic mass is 16.5. The summed E-state index contributed by atoms with van der Waals surface area (Å²) in [7, 11) is 4.82. The lowest BCUT2D eigenvalue weighted by molar-refractivity contribution is 0.0741. The van der Waals surface area contributed by atoms with Crippen molar-refractivity contribution in [1.29, 1.82) is 0 Å². The monoisotopic (exact) mass is 266 g/mol. The molecule has 1 unspecified atom stereocenters. The molecule has 0 aliphatic rings. The number of methoxy groups -OCH3 is 2. The van der Waals surface area contributed by atoms with Gasteiger partial charge in [-0.1, -0.05) is 6.92 Å². The van der Waals surface area contributed by atoms with Crippen molar-refractivity contribution in [3.05, 3.63) is 17.7 Å². The Labute approximate surface area is 114 Å². The molecule has 2 N–H and O–H groups in total. The average Bonchev–Trinajstić information content (AvgIpc) is 2.45. The molecule has 0 fully saturated rings. The largest absolute Gasteiger partial charge is 0.497 e. The van der Waals surface area contributed by atoms with Gasteiger partial charge in [-0.05, 0) is 19.4 Å². The minimum absolute atomic E-state index is 0.135. The average molecular weight is 266 g/mol. The zero-order valence-electron chi connectivity index (χ0n) is 12.2. The third-order valence-electron chi connectivity index (χ3n) is 3.37. The Kier molecular flexibility index (Phi) is 5.03. The topological polar surface area (TPSA) is 64.8 Å². The van der Waals surface area contributed by atoms with Crippen LogP contribution in [0.5, 0.6) is 11.5 Å². The lowest BCUT2D eigenvalue weighted by atomic mass is 10.1. The van der Waals surface area contributed by atoms with Crippen molar-refractivity contribution in [3.8, 4) is 11.5 Å². The first-order chi connectivity index (χ1) is 8.96. The number of carbonyl (C=O) groups is 1. The van der Waals surface area contributed by atoms with Gasteiger partial charge in [-0.2, -0.15) is 0 Å². The Hall–Kier alpha value is -1.91. The number of anilines is 1. The van der Waals surface area contributed by atoms with Gasteiger partial charge in [-0.3, -0.25) is 4.79 Å². The molecule has 0 aliphatic carbocycles. The number of rotatable bonds is 5. The Morgan fingerprint density at radius 2 is 2.00 bits per heavy atom. The van der Waals surface area contributed by atoms with Crippen LogP contribution in [0.2, 0.25) is 0 Å². The molecule has 0 aromatic heterocycles. The summed E-state index contributed by atoms with van der Waals surface area (Å²) in [5.41, 5.74) is 6.71. The van der Waals surface area contributed by atoms with Crippen molar-refractivity contribution in [2.75, 3.05) is 27.0 Å². The third-order valence-corrected chi connectivity index (χ3v) is 3.37. The molecule has 19 heavy (non-hydrogen) atoms. The first-order valence-corrected chi connectivity index (χ1v) is 6.24. The molecule has 1 rings (SSSR count). The van der Waals surface area contributed by atoms with E-state index in [0.717, 1.165) is 6.42 Å². The van der Waals surface area contributed by atoms with Crippen LogP contribution in [0, 0.1) is 0 Å². The zero-order valence-corrected chi connectivity index (χ0v) is 12.2. The smallest absolute Gasteiger partial charge is 0.256 e. The van der Waals surface area contributed by atoms with E-state index in [-0.39, 0.29) is 11.9 Å². The number of nitrogens with two attached hydrogens (primary N) is 1. The molecule has 1 amide bonds. The number of nitrogens with zero attached hydrogens (tertiary/aromatic N) is 1. The molecule has 0 spiro atoms. The molecule has 0 aliphatic heterocycles. The number of ether oxygens (including phenoxy) is 2. The number of benzene rings is 1. The molecule has 106 valence electrons. The summed E-state index contributed by atoms with van der Waals surface area (Å²) < 4.78 is 10.3. The minimum atomic E-state index is -0.135. The minimum Gasteiger partial charge on any atom is -0.497 e. The van der Waals surface area contributed by atoms with Crippen molar-refractivity contribution in [3.63, 3.8) is 0 Å². The highest BCUT2D eigenvalue weighted by molar-refractivity contribution is 6.01. The van der Waals surface area contributed by atoms with E-state index in [1.165, 1.54) is 14.2 Å². The summed E-state index contributed by atoms with van der Waals surface area (Å²) in [6.07, 6.45) is 0.878. The van der Waals surface area contributed by atoms with Gasteiger partial charge in [0, 0.05) is 19.2 Å². The quantitative estimate of drug-likeness (QED) is 0.829. The molecule has 0 saturated carbocycles. The molecule has 5 nitrogen and oxygen atoms in total. The van der Waals surface area contributed by atoms with Crippen LogP contribution in [-0.4, -0.2) is 38.1 Å². The Bertz CT molecular complexity index is 460. The van der Waals surface area contributed by atoms with Crippen LogP contribution in [0.4, 0.5) is 5.69 Å². The van der Waals surface area contributed by atoms with Gasteiger partial charge >= 0.3 is 0 Å². The summed E-state index contributed by atoms with van der Waals surface area (Å²) in [6, 6.07) is 3.44. The molecule has 5 heteroatoms. The Morgan fingerprint density at radius 1 is 1.37 bits per heavy atom. The summed E-state index contributed by atoms with van der Waals surface area (Å²) in [6.45, 7) is 4.02. The number of nitrogen functional groups attached to an aromatic ring is 1. The molecular weight excluding hydrogens is 244 g/mol. The van der Waals surface area contributed by atoms with Gasteiger partial charge in [0.1, 0.15) is 11.5 Å². The highest BCUT2D eigenvalue weighted by Gasteiger charge is 2.21. The molecule has 0 radical (unpaired) electrons. The molecule has 0 saturated heterocycles. The lowest BCUT2D eigenvalue weighted by Gasteiger charge is -2.25. The maximum Gasteiger partial charge on any atom is 0.256 e. The van der Waals surface area contributed by atoms with Crippen molar-refractivity contribution in [1.82, 2.24) is 4.90 Å². The predicted molar refractivity (Wildman–Crippen MR) is 75.8 cm³/mol. The normalized spacial score (nSPS) is 11.8. The first kappa shape index (κ1) is 15.1. The van der Waals surface area contributed by atoms with Crippen molar-refractivity contribution in [2.45, 2.75) is 26.3 Å². The fourth-order valence-corrected chi connectivity index (χ4v) is 1.73. The second kappa shape index (κ2) is 6.31. The summed E-state index contributed by atoms with van der Waals surface area (Å²) in [4.78, 5) is 14.1. The SMILES string of the molecule is CCC(C)N(C)C(=O)c1cc(OC)cc(OC)c1N. The van der Waals surface area contributed by atoms with E-state index < -0.39 is 0 Å². The van der Waals surface area contributed by atoms with Gasteiger partial charge in [-0.15, -0.1) is 0 Å². The zero-order chi connectivity index (χ0) is 14.6. The van der Waals surface area contributed by atoms with Crippen LogP contribution in [0.1, 0.15) is 30.6 Å². The van der Waals surface area contributed by atoms with E-state index in [2.05, 4.69) is 0 Å². The maximum absolute atomic E-state index is 12.4. The van der Waals surface area contributed by atoms with E-state index in [9.17, 15) is 4.79 Å². The number of amides is 1. The van der Waals surface area contributed by atoms with Gasteiger partial charge < -0.3 is 20.1 Å². The number of hydrogen-bond acceptors (Lipinski definition) is 4. The molecule has 1 aromatic rings. The molecular formula is C14H22N2O3. The Morgan fingerprint density at radius 3 is 2.47 bits per heavy atom. The van der Waals surface area contributed by atoms with Crippen molar-refractivity contribution < 1.29 is 14.3 Å². The Balaban J connectivity index is 3.22. The molecule has 1 atom stereocenters. The maximum atomic E-state index is 12.4. The van der Waals surface area contributed by atoms with Gasteiger partial charge in [0.15, 0.2) is 0 Å². The van der Waals surface area contributed by atoms with Crippen LogP contribution in [0.3, 0.4) is 0 Å². The summed E-state index contributed by atoms with van der Waals surface area (Å²) >= 11 is 0. The van der Waals surface area contributed by atoms with E-state index in [1.54, 1.807) is 24.1 Å². The fraction of sp³-hybridized carbons (Fsp3) is 0.500. The standard InChI is InChI=1S/C14H22N2O3/c1-6-9(2)16(3)14(17)11-7-10(18-4)8-12(19-5)13(11)15/h7-9H,6,15H2,1-5H3.